The molecule has 1 saturated heterocycles. The summed E-state index contributed by atoms with van der Waals surface area (Å²) in [4.78, 5) is 13.6. The molecule has 1 aromatic carbocycles. The molecule has 0 aliphatic carbocycles. The first kappa shape index (κ1) is 20.0. The van der Waals surface area contributed by atoms with E-state index in [1.165, 1.54) is 0 Å². The van der Waals surface area contributed by atoms with E-state index >= 15 is 0 Å². The van der Waals surface area contributed by atoms with E-state index in [1.807, 2.05) is 42.5 Å². The van der Waals surface area contributed by atoms with Crippen molar-refractivity contribution in [3.63, 3.8) is 0 Å². The zero-order valence-electron chi connectivity index (χ0n) is 17.1. The third kappa shape index (κ3) is 5.18. The van der Waals surface area contributed by atoms with Crippen LogP contribution in [-0.2, 0) is 6.54 Å². The van der Waals surface area contributed by atoms with Crippen LogP contribution in [0.25, 0.3) is 11.6 Å². The maximum absolute atomic E-state index is 5.81. The minimum absolute atomic E-state index is 0.519. The Morgan fingerprint density at radius 1 is 1.17 bits per heavy atom. The molecule has 0 unspecified atom stereocenters. The fourth-order valence-electron chi connectivity index (χ4n) is 3.38. The fourth-order valence-corrected chi connectivity index (χ4v) is 3.38. The Kier molecular flexibility index (Phi) is 6.61. The second-order valence-electron chi connectivity index (χ2n) is 6.97. The summed E-state index contributed by atoms with van der Waals surface area (Å²) < 4.78 is 11.1. The molecule has 1 aliphatic heterocycles. The fraction of sp³-hybridized carbons (Fsp3) is 0.381. The van der Waals surface area contributed by atoms with Crippen LogP contribution in [0.5, 0.6) is 5.75 Å². The minimum Gasteiger partial charge on any atom is -0.492 e. The zero-order valence-corrected chi connectivity index (χ0v) is 17.1. The van der Waals surface area contributed by atoms with E-state index in [0.29, 0.717) is 24.7 Å². The number of aromatic amines is 1. The second kappa shape index (κ2) is 9.93. The molecule has 9 nitrogen and oxygen atoms in total. The van der Waals surface area contributed by atoms with E-state index < -0.39 is 0 Å². The number of nitrogens with one attached hydrogen (secondary N) is 2. The standard InChI is InChI=1S/C21H27N7O2/c1-22-21(23-16-19-24-20(26-25-19)18-8-5-14-30-18)28-11-9-27(10-12-28)13-15-29-17-6-3-2-4-7-17/h2-8,14H,9-13,15-16H2,1H3,(H,22,23)(H,24,25,26). The molecule has 1 fully saturated rings. The van der Waals surface area contributed by atoms with Gasteiger partial charge in [0.05, 0.1) is 12.8 Å². The molecule has 0 radical (unpaired) electrons. The summed E-state index contributed by atoms with van der Waals surface area (Å²) in [6.07, 6.45) is 1.61. The third-order valence-electron chi connectivity index (χ3n) is 4.99. The number of nitrogens with zero attached hydrogens (tertiary/aromatic N) is 5. The van der Waals surface area contributed by atoms with Crippen LogP contribution in [0.4, 0.5) is 0 Å². The summed E-state index contributed by atoms with van der Waals surface area (Å²) in [5.74, 6) is 3.72. The molecule has 158 valence electrons. The monoisotopic (exact) mass is 409 g/mol. The van der Waals surface area contributed by atoms with Crippen LogP contribution in [0.3, 0.4) is 0 Å². The van der Waals surface area contributed by atoms with Gasteiger partial charge in [-0.25, -0.2) is 4.98 Å². The molecule has 4 rings (SSSR count). The van der Waals surface area contributed by atoms with Gasteiger partial charge in [-0.1, -0.05) is 18.2 Å². The van der Waals surface area contributed by atoms with Crippen LogP contribution < -0.4 is 10.1 Å². The number of H-pyrrole nitrogens is 1. The summed E-state index contributed by atoms with van der Waals surface area (Å²) in [5.41, 5.74) is 0. The summed E-state index contributed by atoms with van der Waals surface area (Å²) in [7, 11) is 1.80. The van der Waals surface area contributed by atoms with E-state index in [4.69, 9.17) is 9.15 Å². The number of aromatic nitrogens is 3. The lowest BCUT2D eigenvalue weighted by atomic mass is 10.3. The molecule has 30 heavy (non-hydrogen) atoms. The highest BCUT2D eigenvalue weighted by Crippen LogP contribution is 2.14. The number of guanidine groups is 1. The molecular weight excluding hydrogens is 382 g/mol. The van der Waals surface area contributed by atoms with Gasteiger partial charge in [-0.05, 0) is 24.3 Å². The molecule has 3 heterocycles. The van der Waals surface area contributed by atoms with Gasteiger partial charge in [0.25, 0.3) is 0 Å². The maximum Gasteiger partial charge on any atom is 0.216 e. The highest BCUT2D eigenvalue weighted by Gasteiger charge is 2.19. The van der Waals surface area contributed by atoms with E-state index in [2.05, 4.69) is 35.3 Å². The highest BCUT2D eigenvalue weighted by molar-refractivity contribution is 5.79. The summed E-state index contributed by atoms with van der Waals surface area (Å²) in [6, 6.07) is 13.6. The summed E-state index contributed by atoms with van der Waals surface area (Å²) >= 11 is 0. The van der Waals surface area contributed by atoms with Gasteiger partial charge in [0.15, 0.2) is 11.7 Å². The van der Waals surface area contributed by atoms with Crippen LogP contribution in [0.1, 0.15) is 5.82 Å². The van der Waals surface area contributed by atoms with E-state index in [1.54, 1.807) is 13.3 Å². The molecule has 0 atom stereocenters. The van der Waals surface area contributed by atoms with Gasteiger partial charge in [-0.2, -0.15) is 0 Å². The number of piperazine rings is 1. The Morgan fingerprint density at radius 3 is 2.73 bits per heavy atom. The normalized spacial score (nSPS) is 15.4. The van der Waals surface area contributed by atoms with Gasteiger partial charge in [-0.15, -0.1) is 5.10 Å². The number of aliphatic imine (C=N–C) groups is 1. The highest BCUT2D eigenvalue weighted by atomic mass is 16.5. The number of para-hydroxylation sites is 1. The molecule has 0 saturated carbocycles. The van der Waals surface area contributed by atoms with Crippen molar-refractivity contribution in [1.29, 1.82) is 0 Å². The average Bonchev–Trinajstić information content (AvgIpc) is 3.48. The van der Waals surface area contributed by atoms with Crippen molar-refractivity contribution < 1.29 is 9.15 Å². The van der Waals surface area contributed by atoms with E-state index in [0.717, 1.165) is 50.3 Å². The molecule has 0 bridgehead atoms. The molecule has 0 amide bonds. The van der Waals surface area contributed by atoms with Crippen molar-refractivity contribution in [2.75, 3.05) is 46.4 Å². The topological polar surface area (TPSA) is 94.8 Å². The molecule has 3 aromatic rings. The molecule has 2 aromatic heterocycles. The number of furan rings is 1. The Labute approximate surface area is 175 Å². The lowest BCUT2D eigenvalue weighted by molar-refractivity contribution is 0.152. The average molecular weight is 409 g/mol. The smallest absolute Gasteiger partial charge is 0.216 e. The largest absolute Gasteiger partial charge is 0.492 e. The first-order valence-corrected chi connectivity index (χ1v) is 10.1. The summed E-state index contributed by atoms with van der Waals surface area (Å²) in [6.45, 7) is 5.92. The summed E-state index contributed by atoms with van der Waals surface area (Å²) in [5, 5.41) is 10.5. The third-order valence-corrected chi connectivity index (χ3v) is 4.99. The molecule has 1 aliphatic rings. The van der Waals surface area contributed by atoms with Crippen LogP contribution in [0, 0.1) is 0 Å². The van der Waals surface area contributed by atoms with Crippen LogP contribution in [0.2, 0.25) is 0 Å². The van der Waals surface area contributed by atoms with E-state index in [-0.39, 0.29) is 0 Å². The lowest BCUT2D eigenvalue weighted by Gasteiger charge is -2.36. The van der Waals surface area contributed by atoms with Crippen LogP contribution >= 0.6 is 0 Å². The number of rotatable bonds is 7. The van der Waals surface area contributed by atoms with Crippen molar-refractivity contribution in [3.8, 4) is 17.3 Å². The SMILES string of the molecule is CN=C(NCc1nc(-c2ccco2)n[nH]1)N1CCN(CCOc2ccccc2)CC1. The maximum atomic E-state index is 5.81. The van der Waals surface area contributed by atoms with Crippen molar-refractivity contribution in [2.24, 2.45) is 4.99 Å². The molecule has 9 heteroatoms. The van der Waals surface area contributed by atoms with Gasteiger partial charge in [-0.3, -0.25) is 15.0 Å². The van der Waals surface area contributed by atoms with Crippen molar-refractivity contribution >= 4 is 5.96 Å². The first-order valence-electron chi connectivity index (χ1n) is 10.1. The molecule has 0 spiro atoms. The number of benzene rings is 1. The van der Waals surface area contributed by atoms with Gasteiger partial charge in [0.1, 0.15) is 18.2 Å². The van der Waals surface area contributed by atoms with Gasteiger partial charge < -0.3 is 19.4 Å². The van der Waals surface area contributed by atoms with Gasteiger partial charge >= 0.3 is 0 Å². The Balaban J connectivity index is 1.19. The quantitative estimate of drug-likeness (QED) is 0.454. The number of hydrogen-bond acceptors (Lipinski definition) is 6. The predicted octanol–water partition coefficient (Wildman–Crippen LogP) is 1.84. The number of hydrogen-bond donors (Lipinski definition) is 2. The minimum atomic E-state index is 0.519. The Morgan fingerprint density at radius 2 is 2.00 bits per heavy atom. The van der Waals surface area contributed by atoms with E-state index in [9.17, 15) is 0 Å². The van der Waals surface area contributed by atoms with Crippen LogP contribution in [0.15, 0.2) is 58.1 Å². The first-order chi connectivity index (χ1) is 14.8. The van der Waals surface area contributed by atoms with Crippen molar-refractivity contribution in [2.45, 2.75) is 6.54 Å². The van der Waals surface area contributed by atoms with Gasteiger partial charge in [0.2, 0.25) is 5.82 Å². The van der Waals surface area contributed by atoms with Gasteiger partial charge in [0, 0.05) is 39.8 Å². The number of ether oxygens (including phenoxy) is 1. The second-order valence-corrected chi connectivity index (χ2v) is 6.97. The van der Waals surface area contributed by atoms with Crippen LogP contribution in [-0.4, -0.2) is 77.3 Å². The Hall–Kier alpha value is -3.33. The molecule has 2 N–H and O–H groups in total. The lowest BCUT2D eigenvalue weighted by Crippen LogP contribution is -2.52. The predicted molar refractivity (Wildman–Crippen MR) is 114 cm³/mol. The molecular formula is C21H27N7O2. The van der Waals surface area contributed by atoms with Crippen molar-refractivity contribution in [1.82, 2.24) is 30.3 Å². The Bertz CT molecular complexity index is 916. The zero-order chi connectivity index (χ0) is 20.6. The van der Waals surface area contributed by atoms with Crippen molar-refractivity contribution in [3.05, 3.63) is 54.6 Å².